The lowest BCUT2D eigenvalue weighted by Crippen LogP contribution is -2.10. The van der Waals surface area contributed by atoms with Crippen LogP contribution in [0.15, 0.2) is 12.1 Å². The fourth-order valence-corrected chi connectivity index (χ4v) is 2.03. The van der Waals surface area contributed by atoms with Crippen LogP contribution in [0.1, 0.15) is 0 Å². The van der Waals surface area contributed by atoms with Gasteiger partial charge in [-0.3, -0.25) is 0 Å². The molecule has 0 bridgehead atoms. The van der Waals surface area contributed by atoms with Gasteiger partial charge in [-0.2, -0.15) is 13.2 Å². The molecule has 0 aliphatic rings. The fraction of sp³-hybridized carbons (Fsp3) is 0.455. The molecular weight excluding hydrogens is 303 g/mol. The van der Waals surface area contributed by atoms with Crippen LogP contribution in [0.3, 0.4) is 0 Å². The van der Waals surface area contributed by atoms with Crippen molar-refractivity contribution in [1.29, 1.82) is 0 Å². The molecule has 0 fully saturated rings. The van der Waals surface area contributed by atoms with Crippen LogP contribution in [0.4, 0.5) is 18.9 Å². The quantitative estimate of drug-likeness (QED) is 0.803. The summed E-state index contributed by atoms with van der Waals surface area (Å²) >= 11 is 5.86. The first-order valence-electron chi connectivity index (χ1n) is 5.23. The highest BCUT2D eigenvalue weighted by atomic mass is 35.5. The molecule has 19 heavy (non-hydrogen) atoms. The van der Waals surface area contributed by atoms with Crippen LogP contribution < -0.4 is 14.8 Å². The van der Waals surface area contributed by atoms with E-state index >= 15 is 0 Å². The number of methoxy groups -OCH3 is 2. The predicted octanol–water partition coefficient (Wildman–Crippen LogP) is 4.02. The molecule has 1 aromatic rings. The number of rotatable bonds is 6. The van der Waals surface area contributed by atoms with Crippen LogP contribution in [0.25, 0.3) is 0 Å². The standard InChI is InChI=1S/C11H13ClF3NO2S/c1-17-9-6-10(18-2)8(5-7(9)12)16-3-4-19-11(13,14)15/h5-6,16H,3-4H2,1-2H3. The van der Waals surface area contributed by atoms with Gasteiger partial charge in [-0.15, -0.1) is 0 Å². The Bertz CT molecular complexity index is 429. The molecule has 0 radical (unpaired) electrons. The third-order valence-corrected chi connectivity index (χ3v) is 3.19. The van der Waals surface area contributed by atoms with Crippen LogP contribution in [0.2, 0.25) is 5.02 Å². The second-order valence-corrected chi connectivity index (χ2v) is 4.98. The van der Waals surface area contributed by atoms with Crippen molar-refractivity contribution >= 4 is 29.1 Å². The van der Waals surface area contributed by atoms with Crippen molar-refractivity contribution in [2.45, 2.75) is 5.51 Å². The van der Waals surface area contributed by atoms with E-state index in [9.17, 15) is 13.2 Å². The monoisotopic (exact) mass is 315 g/mol. The van der Waals surface area contributed by atoms with Gasteiger partial charge in [-0.05, 0) is 17.8 Å². The number of alkyl halides is 3. The minimum absolute atomic E-state index is 0.0829. The summed E-state index contributed by atoms with van der Waals surface area (Å²) in [5.74, 6) is 0.794. The lowest BCUT2D eigenvalue weighted by Gasteiger charge is -2.14. The van der Waals surface area contributed by atoms with Crippen molar-refractivity contribution in [1.82, 2.24) is 0 Å². The molecule has 0 heterocycles. The maximum Gasteiger partial charge on any atom is 0.441 e. The second-order valence-electron chi connectivity index (χ2n) is 3.41. The predicted molar refractivity (Wildman–Crippen MR) is 71.6 cm³/mol. The van der Waals surface area contributed by atoms with Gasteiger partial charge in [0.15, 0.2) is 0 Å². The summed E-state index contributed by atoms with van der Waals surface area (Å²) in [4.78, 5) is 0. The molecular formula is C11H13ClF3NO2S. The number of nitrogens with one attached hydrogen (secondary N) is 1. The molecule has 0 saturated heterocycles. The van der Waals surface area contributed by atoms with Crippen molar-refractivity contribution in [3.8, 4) is 11.5 Å². The Kier molecular flexibility index (Phi) is 5.93. The Morgan fingerprint density at radius 1 is 1.21 bits per heavy atom. The molecule has 0 saturated carbocycles. The third-order valence-electron chi connectivity index (χ3n) is 2.16. The van der Waals surface area contributed by atoms with Gasteiger partial charge >= 0.3 is 5.51 Å². The summed E-state index contributed by atoms with van der Waals surface area (Å²) in [7, 11) is 2.92. The van der Waals surface area contributed by atoms with Crippen molar-refractivity contribution < 1.29 is 22.6 Å². The number of thioether (sulfide) groups is 1. The SMILES string of the molecule is COc1cc(OC)c(NCCSC(F)(F)F)cc1Cl. The highest BCUT2D eigenvalue weighted by molar-refractivity contribution is 8.00. The Hall–Kier alpha value is -0.950. The van der Waals surface area contributed by atoms with Gasteiger partial charge < -0.3 is 14.8 Å². The maximum atomic E-state index is 12.0. The van der Waals surface area contributed by atoms with E-state index in [1.54, 1.807) is 12.1 Å². The molecule has 8 heteroatoms. The van der Waals surface area contributed by atoms with Crippen LogP contribution in [0.5, 0.6) is 11.5 Å². The minimum atomic E-state index is -4.22. The zero-order chi connectivity index (χ0) is 14.5. The van der Waals surface area contributed by atoms with Gasteiger partial charge in [-0.1, -0.05) is 11.6 Å². The van der Waals surface area contributed by atoms with Gasteiger partial charge in [0.2, 0.25) is 0 Å². The Morgan fingerprint density at radius 3 is 2.37 bits per heavy atom. The van der Waals surface area contributed by atoms with Gasteiger partial charge in [0, 0.05) is 18.4 Å². The Morgan fingerprint density at radius 2 is 1.84 bits per heavy atom. The summed E-state index contributed by atoms with van der Waals surface area (Å²) in [5, 5.41) is 3.20. The number of hydrogen-bond acceptors (Lipinski definition) is 4. The molecule has 0 aliphatic carbocycles. The van der Waals surface area contributed by atoms with Gasteiger partial charge in [0.05, 0.1) is 24.9 Å². The van der Waals surface area contributed by atoms with E-state index in [1.165, 1.54) is 14.2 Å². The summed E-state index contributed by atoms with van der Waals surface area (Å²) < 4.78 is 46.0. The van der Waals surface area contributed by atoms with Crippen LogP contribution in [-0.2, 0) is 0 Å². The number of ether oxygens (including phenoxy) is 2. The van der Waals surface area contributed by atoms with E-state index in [2.05, 4.69) is 5.32 Å². The molecule has 0 aliphatic heterocycles. The second kappa shape index (κ2) is 7.00. The van der Waals surface area contributed by atoms with Gasteiger partial charge in [0.1, 0.15) is 11.5 Å². The van der Waals surface area contributed by atoms with E-state index in [-0.39, 0.29) is 24.1 Å². The highest BCUT2D eigenvalue weighted by Gasteiger charge is 2.27. The summed E-state index contributed by atoms with van der Waals surface area (Å²) in [5.41, 5.74) is -3.69. The number of anilines is 1. The molecule has 1 rings (SSSR count). The van der Waals surface area contributed by atoms with Crippen molar-refractivity contribution in [2.24, 2.45) is 0 Å². The van der Waals surface area contributed by atoms with Crippen molar-refractivity contribution in [2.75, 3.05) is 31.8 Å². The highest BCUT2D eigenvalue weighted by Crippen LogP contribution is 2.36. The maximum absolute atomic E-state index is 12.0. The lowest BCUT2D eigenvalue weighted by molar-refractivity contribution is -0.0327. The first-order chi connectivity index (χ1) is 8.87. The molecule has 0 aromatic heterocycles. The molecule has 1 aromatic carbocycles. The summed E-state index contributed by atoms with van der Waals surface area (Å²) in [6.07, 6.45) is 0. The number of hydrogen-bond donors (Lipinski definition) is 1. The van der Waals surface area contributed by atoms with E-state index in [0.717, 1.165) is 0 Å². The third kappa shape index (κ3) is 5.28. The first-order valence-corrected chi connectivity index (χ1v) is 6.60. The number of benzene rings is 1. The van der Waals surface area contributed by atoms with Crippen LogP contribution in [-0.4, -0.2) is 32.0 Å². The largest absolute Gasteiger partial charge is 0.495 e. The Labute approximate surface area is 118 Å². The zero-order valence-corrected chi connectivity index (χ0v) is 11.9. The van der Waals surface area contributed by atoms with Gasteiger partial charge in [-0.25, -0.2) is 0 Å². The summed E-state index contributed by atoms with van der Waals surface area (Å²) in [6.45, 7) is 0.142. The smallest absolute Gasteiger partial charge is 0.441 e. The molecule has 108 valence electrons. The first kappa shape index (κ1) is 16.1. The number of halogens is 4. The molecule has 1 N–H and O–H groups in total. The van der Waals surface area contributed by atoms with E-state index in [4.69, 9.17) is 21.1 Å². The normalized spacial score (nSPS) is 11.3. The molecule has 0 unspecified atom stereocenters. The zero-order valence-electron chi connectivity index (χ0n) is 10.3. The topological polar surface area (TPSA) is 30.5 Å². The van der Waals surface area contributed by atoms with Crippen molar-refractivity contribution in [3.63, 3.8) is 0 Å². The van der Waals surface area contributed by atoms with E-state index < -0.39 is 5.51 Å². The fourth-order valence-electron chi connectivity index (χ4n) is 1.35. The van der Waals surface area contributed by atoms with E-state index in [1.807, 2.05) is 0 Å². The van der Waals surface area contributed by atoms with Gasteiger partial charge in [0.25, 0.3) is 0 Å². The summed E-state index contributed by atoms with van der Waals surface area (Å²) in [6, 6.07) is 3.12. The Balaban J connectivity index is 2.65. The molecule has 0 spiro atoms. The molecule has 3 nitrogen and oxygen atoms in total. The molecule has 0 amide bonds. The van der Waals surface area contributed by atoms with Crippen molar-refractivity contribution in [3.05, 3.63) is 17.2 Å². The average Bonchev–Trinajstić information content (AvgIpc) is 2.33. The lowest BCUT2D eigenvalue weighted by atomic mass is 10.2. The molecule has 0 atom stereocenters. The minimum Gasteiger partial charge on any atom is -0.495 e. The van der Waals surface area contributed by atoms with Crippen LogP contribution >= 0.6 is 23.4 Å². The van der Waals surface area contributed by atoms with E-state index in [0.29, 0.717) is 22.2 Å². The van der Waals surface area contributed by atoms with Crippen LogP contribution in [0, 0.1) is 0 Å². The average molecular weight is 316 g/mol.